The second-order valence-electron chi connectivity index (χ2n) is 8.58. The SMILES string of the molecule is CNC[C@H]1Oc2ccc(NC(=O)Nc3ccc(OC)cc3)cc2CC(=O)N([C@H](C)CO)C[C@H]1C. The fourth-order valence-electron chi connectivity index (χ4n) is 3.92. The molecule has 2 aromatic carbocycles. The molecule has 0 radical (unpaired) electrons. The third kappa shape index (κ3) is 6.39. The highest BCUT2D eigenvalue weighted by Gasteiger charge is 2.30. The predicted octanol–water partition coefficient (Wildman–Crippen LogP) is 2.71. The number of carbonyl (C=O) groups excluding carboxylic acids is 2. The van der Waals surface area contributed by atoms with Crippen LogP contribution in [0.4, 0.5) is 16.2 Å². The molecule has 3 amide bonds. The lowest BCUT2D eigenvalue weighted by Gasteiger charge is -2.32. The first kappa shape index (κ1) is 25.3. The van der Waals surface area contributed by atoms with E-state index in [1.807, 2.05) is 20.9 Å². The Kier molecular flexibility index (Phi) is 8.72. The van der Waals surface area contributed by atoms with Crippen LogP contribution in [0.2, 0.25) is 0 Å². The molecule has 0 unspecified atom stereocenters. The van der Waals surface area contributed by atoms with Crippen LogP contribution in [0.5, 0.6) is 11.5 Å². The zero-order valence-corrected chi connectivity index (χ0v) is 20.1. The molecule has 0 aromatic heterocycles. The average Bonchev–Trinajstić information content (AvgIpc) is 2.87. The zero-order chi connectivity index (χ0) is 24.7. The Bertz CT molecular complexity index is 982. The molecular formula is C25H34N4O5. The molecule has 2 aromatic rings. The Balaban J connectivity index is 1.81. The predicted molar refractivity (Wildman–Crippen MR) is 132 cm³/mol. The number of likely N-dealkylation sites (N-methyl/N-ethyl adjacent to an activating group) is 1. The van der Waals surface area contributed by atoms with Crippen LogP contribution in [0.1, 0.15) is 19.4 Å². The minimum absolute atomic E-state index is 0.0458. The number of amides is 3. The van der Waals surface area contributed by atoms with Crippen molar-refractivity contribution in [1.82, 2.24) is 10.2 Å². The van der Waals surface area contributed by atoms with E-state index in [4.69, 9.17) is 9.47 Å². The Morgan fingerprint density at radius 3 is 2.53 bits per heavy atom. The van der Waals surface area contributed by atoms with Gasteiger partial charge in [-0.1, -0.05) is 6.92 Å². The maximum Gasteiger partial charge on any atom is 0.323 e. The minimum Gasteiger partial charge on any atom is -0.497 e. The Morgan fingerprint density at radius 2 is 1.88 bits per heavy atom. The van der Waals surface area contributed by atoms with E-state index in [1.54, 1.807) is 54.5 Å². The van der Waals surface area contributed by atoms with E-state index in [1.165, 1.54) is 0 Å². The summed E-state index contributed by atoms with van der Waals surface area (Å²) in [6, 6.07) is 11.6. The van der Waals surface area contributed by atoms with Crippen LogP contribution in [-0.4, -0.2) is 67.9 Å². The quantitative estimate of drug-likeness (QED) is 0.495. The molecule has 9 nitrogen and oxygen atoms in total. The third-order valence-corrected chi connectivity index (χ3v) is 5.93. The molecule has 3 atom stereocenters. The number of fused-ring (bicyclic) bond motifs is 1. The third-order valence-electron chi connectivity index (χ3n) is 5.93. The van der Waals surface area contributed by atoms with Gasteiger partial charge in [0.25, 0.3) is 0 Å². The molecule has 0 aliphatic carbocycles. The normalized spacial score (nSPS) is 19.1. The number of benzene rings is 2. The maximum atomic E-state index is 13.2. The molecule has 1 heterocycles. The summed E-state index contributed by atoms with van der Waals surface area (Å²) in [6.07, 6.45) is -0.0610. The van der Waals surface area contributed by atoms with Crippen molar-refractivity contribution in [3.63, 3.8) is 0 Å². The first-order valence-corrected chi connectivity index (χ1v) is 11.4. The number of carbonyl (C=O) groups is 2. The first-order valence-electron chi connectivity index (χ1n) is 11.4. The number of ether oxygens (including phenoxy) is 2. The molecule has 184 valence electrons. The van der Waals surface area contributed by atoms with Crippen molar-refractivity contribution in [2.75, 3.05) is 44.5 Å². The van der Waals surface area contributed by atoms with Crippen molar-refractivity contribution in [1.29, 1.82) is 0 Å². The summed E-state index contributed by atoms with van der Waals surface area (Å²) in [4.78, 5) is 27.4. The van der Waals surface area contributed by atoms with Crippen molar-refractivity contribution >= 4 is 23.3 Å². The van der Waals surface area contributed by atoms with Gasteiger partial charge in [-0.25, -0.2) is 4.79 Å². The number of nitrogens with zero attached hydrogens (tertiary/aromatic N) is 1. The standard InChI is InChI=1S/C25H34N4O5/c1-16-14-29(17(2)15-30)24(31)12-18-11-20(7-10-22(18)34-23(16)13-26-3)28-25(32)27-19-5-8-21(33-4)9-6-19/h5-11,16-17,23,26,30H,12-15H2,1-4H3,(H2,27,28,32)/t16-,17-,23-/m1/s1. The lowest BCUT2D eigenvalue weighted by molar-refractivity contribution is -0.134. The van der Waals surface area contributed by atoms with Gasteiger partial charge < -0.3 is 35.4 Å². The van der Waals surface area contributed by atoms with Crippen molar-refractivity contribution in [3.05, 3.63) is 48.0 Å². The molecule has 0 spiro atoms. The summed E-state index contributed by atoms with van der Waals surface area (Å²) < 4.78 is 11.4. The van der Waals surface area contributed by atoms with Gasteiger partial charge in [0.2, 0.25) is 5.91 Å². The van der Waals surface area contributed by atoms with E-state index < -0.39 is 6.03 Å². The van der Waals surface area contributed by atoms with E-state index in [2.05, 4.69) is 16.0 Å². The van der Waals surface area contributed by atoms with Gasteiger partial charge in [0.05, 0.1) is 26.2 Å². The largest absolute Gasteiger partial charge is 0.497 e. The van der Waals surface area contributed by atoms with Gasteiger partial charge in [-0.15, -0.1) is 0 Å². The number of rotatable bonds is 7. The molecule has 1 aliphatic heterocycles. The van der Waals surface area contributed by atoms with E-state index >= 15 is 0 Å². The summed E-state index contributed by atoms with van der Waals surface area (Å²) in [5.41, 5.74) is 1.84. The van der Waals surface area contributed by atoms with Crippen LogP contribution in [0.15, 0.2) is 42.5 Å². The highest BCUT2D eigenvalue weighted by atomic mass is 16.5. The molecule has 3 rings (SSSR count). The van der Waals surface area contributed by atoms with Gasteiger partial charge >= 0.3 is 6.03 Å². The number of anilines is 2. The Hall–Kier alpha value is -3.30. The average molecular weight is 471 g/mol. The fraction of sp³-hybridized carbons (Fsp3) is 0.440. The number of aliphatic hydroxyl groups is 1. The number of hydrogen-bond donors (Lipinski definition) is 4. The van der Waals surface area contributed by atoms with Crippen molar-refractivity contribution in [2.24, 2.45) is 5.92 Å². The van der Waals surface area contributed by atoms with Crippen LogP contribution >= 0.6 is 0 Å². The summed E-state index contributed by atoms with van der Waals surface area (Å²) in [7, 11) is 3.44. The molecule has 9 heteroatoms. The van der Waals surface area contributed by atoms with Gasteiger partial charge in [-0.05, 0) is 56.4 Å². The fourth-order valence-corrected chi connectivity index (χ4v) is 3.92. The van der Waals surface area contributed by atoms with Crippen molar-refractivity contribution < 1.29 is 24.2 Å². The zero-order valence-electron chi connectivity index (χ0n) is 20.1. The molecule has 0 saturated carbocycles. The second-order valence-corrected chi connectivity index (χ2v) is 8.58. The summed E-state index contributed by atoms with van der Waals surface area (Å²) in [5, 5.41) is 18.4. The van der Waals surface area contributed by atoms with Gasteiger partial charge in [0.15, 0.2) is 0 Å². The van der Waals surface area contributed by atoms with Crippen molar-refractivity contribution in [2.45, 2.75) is 32.4 Å². The number of nitrogens with one attached hydrogen (secondary N) is 3. The smallest absolute Gasteiger partial charge is 0.323 e. The molecule has 1 aliphatic rings. The van der Waals surface area contributed by atoms with Crippen LogP contribution in [-0.2, 0) is 11.2 Å². The van der Waals surface area contributed by atoms with Gasteiger partial charge in [-0.2, -0.15) is 0 Å². The highest BCUT2D eigenvalue weighted by molar-refractivity contribution is 6.00. The number of hydrogen-bond acceptors (Lipinski definition) is 6. The lowest BCUT2D eigenvalue weighted by atomic mass is 10.0. The van der Waals surface area contributed by atoms with E-state index in [-0.39, 0.29) is 37.0 Å². The molecule has 4 N–H and O–H groups in total. The Morgan fingerprint density at radius 1 is 1.21 bits per heavy atom. The molecular weight excluding hydrogens is 436 g/mol. The topological polar surface area (TPSA) is 112 Å². The Labute approximate surface area is 200 Å². The number of aliphatic hydroxyl groups excluding tert-OH is 1. The molecule has 34 heavy (non-hydrogen) atoms. The van der Waals surface area contributed by atoms with Crippen LogP contribution in [0.25, 0.3) is 0 Å². The summed E-state index contributed by atoms with van der Waals surface area (Å²) in [6.45, 7) is 4.85. The summed E-state index contributed by atoms with van der Waals surface area (Å²) in [5.74, 6) is 1.26. The van der Waals surface area contributed by atoms with Crippen molar-refractivity contribution in [3.8, 4) is 11.5 Å². The van der Waals surface area contributed by atoms with Crippen LogP contribution < -0.4 is 25.4 Å². The lowest BCUT2D eigenvalue weighted by Crippen LogP contribution is -2.47. The molecule has 0 bridgehead atoms. The van der Waals surface area contributed by atoms with Crippen LogP contribution in [0.3, 0.4) is 0 Å². The number of methoxy groups -OCH3 is 1. The maximum absolute atomic E-state index is 13.2. The monoisotopic (exact) mass is 470 g/mol. The molecule has 0 fully saturated rings. The number of urea groups is 1. The molecule has 0 saturated heterocycles. The van der Waals surface area contributed by atoms with Crippen LogP contribution in [0, 0.1) is 5.92 Å². The highest BCUT2D eigenvalue weighted by Crippen LogP contribution is 2.29. The van der Waals surface area contributed by atoms with Gasteiger partial charge in [0, 0.05) is 35.9 Å². The van der Waals surface area contributed by atoms with E-state index in [0.717, 1.165) is 0 Å². The summed E-state index contributed by atoms with van der Waals surface area (Å²) >= 11 is 0. The van der Waals surface area contributed by atoms with E-state index in [0.29, 0.717) is 41.5 Å². The first-order chi connectivity index (χ1) is 16.3. The van der Waals surface area contributed by atoms with Gasteiger partial charge in [-0.3, -0.25) is 4.79 Å². The minimum atomic E-state index is -0.405. The van der Waals surface area contributed by atoms with E-state index in [9.17, 15) is 14.7 Å². The van der Waals surface area contributed by atoms with Gasteiger partial charge in [0.1, 0.15) is 17.6 Å². The second kappa shape index (κ2) is 11.7.